The van der Waals surface area contributed by atoms with Gasteiger partial charge < -0.3 is 25.3 Å². The van der Waals surface area contributed by atoms with Crippen LogP contribution in [0.2, 0.25) is 0 Å². The van der Waals surface area contributed by atoms with Crippen molar-refractivity contribution in [2.75, 3.05) is 0 Å². The van der Waals surface area contributed by atoms with Crippen molar-refractivity contribution in [3.05, 3.63) is 77.6 Å². The van der Waals surface area contributed by atoms with E-state index in [-0.39, 0.29) is 51.9 Å². The fraction of sp³-hybridized carbons (Fsp3) is 0.250. The summed E-state index contributed by atoms with van der Waals surface area (Å²) in [6.45, 7) is 7.99. The standard InChI is InChI=1S/C32H32N8O7/c1-5-17(3)40(18(4)6-2)30(43)19-11-24(26-15-38(36-34-26)20-7-9-22(31(44)45)28(41)13-20)33-25(12-19)27-16-39(37-35-27)21-8-10-23(32(46)47)29(42)14-21/h7-18,41-42H,5-6H2,1-4H3,(H,44,45)(H,46,47). The Morgan fingerprint density at radius 1 is 0.702 bits per heavy atom. The van der Waals surface area contributed by atoms with Crippen LogP contribution in [0.5, 0.6) is 11.5 Å². The zero-order valence-corrected chi connectivity index (χ0v) is 25.9. The summed E-state index contributed by atoms with van der Waals surface area (Å²) >= 11 is 0. The molecule has 0 saturated carbocycles. The highest BCUT2D eigenvalue weighted by molar-refractivity contribution is 5.96. The molecule has 1 amide bonds. The van der Waals surface area contributed by atoms with Crippen molar-refractivity contribution in [3.63, 3.8) is 0 Å². The summed E-state index contributed by atoms with van der Waals surface area (Å²) in [4.78, 5) is 43.3. The van der Waals surface area contributed by atoms with E-state index in [4.69, 9.17) is 4.98 Å². The summed E-state index contributed by atoms with van der Waals surface area (Å²) < 4.78 is 2.68. The number of aromatic carboxylic acids is 2. The Labute approximate surface area is 268 Å². The van der Waals surface area contributed by atoms with Crippen molar-refractivity contribution in [2.45, 2.75) is 52.6 Å². The third kappa shape index (κ3) is 6.49. The third-order valence-corrected chi connectivity index (χ3v) is 7.90. The number of phenols is 2. The minimum atomic E-state index is -1.28. The fourth-order valence-corrected chi connectivity index (χ4v) is 5.00. The maximum atomic E-state index is 14.1. The molecule has 0 bridgehead atoms. The van der Waals surface area contributed by atoms with Crippen molar-refractivity contribution < 1.29 is 34.8 Å². The van der Waals surface area contributed by atoms with Crippen LogP contribution < -0.4 is 0 Å². The minimum Gasteiger partial charge on any atom is -0.507 e. The molecule has 4 N–H and O–H groups in total. The predicted molar refractivity (Wildman–Crippen MR) is 168 cm³/mol. The van der Waals surface area contributed by atoms with Crippen LogP contribution in [-0.2, 0) is 0 Å². The van der Waals surface area contributed by atoms with E-state index in [2.05, 4.69) is 20.6 Å². The molecule has 47 heavy (non-hydrogen) atoms. The van der Waals surface area contributed by atoms with Gasteiger partial charge in [0.2, 0.25) is 0 Å². The molecule has 2 unspecified atom stereocenters. The second kappa shape index (κ2) is 13.1. The molecule has 5 rings (SSSR count). The van der Waals surface area contributed by atoms with Gasteiger partial charge in [-0.05, 0) is 63.1 Å². The van der Waals surface area contributed by atoms with Gasteiger partial charge in [0.05, 0.1) is 35.2 Å². The molecule has 3 heterocycles. The van der Waals surface area contributed by atoms with Crippen LogP contribution in [0, 0.1) is 0 Å². The van der Waals surface area contributed by atoms with E-state index in [1.165, 1.54) is 58.2 Å². The summed E-state index contributed by atoms with van der Waals surface area (Å²) in [7, 11) is 0. The number of nitrogens with zero attached hydrogens (tertiary/aromatic N) is 8. The number of carbonyl (C=O) groups is 3. The number of hydrogen-bond acceptors (Lipinski definition) is 10. The highest BCUT2D eigenvalue weighted by Gasteiger charge is 2.27. The number of aromatic hydroxyl groups is 2. The van der Waals surface area contributed by atoms with Gasteiger partial charge in [-0.1, -0.05) is 24.3 Å². The molecule has 0 spiro atoms. The van der Waals surface area contributed by atoms with Gasteiger partial charge in [-0.3, -0.25) is 4.79 Å². The van der Waals surface area contributed by atoms with E-state index < -0.39 is 23.4 Å². The summed E-state index contributed by atoms with van der Waals surface area (Å²) in [6.07, 6.45) is 4.54. The fourth-order valence-electron chi connectivity index (χ4n) is 5.00. The Morgan fingerprint density at radius 3 is 1.49 bits per heavy atom. The monoisotopic (exact) mass is 640 g/mol. The Morgan fingerprint density at radius 2 is 1.13 bits per heavy atom. The highest BCUT2D eigenvalue weighted by atomic mass is 16.4. The SMILES string of the molecule is CCC(C)N(C(=O)c1cc(-c2cn(-c3ccc(C(=O)O)c(O)c3)nn2)nc(-c2cn(-c3ccc(C(=O)O)c(O)c3)nn2)c1)C(C)CC. The van der Waals surface area contributed by atoms with Crippen LogP contribution in [0.3, 0.4) is 0 Å². The van der Waals surface area contributed by atoms with Crippen molar-refractivity contribution in [1.82, 2.24) is 39.9 Å². The van der Waals surface area contributed by atoms with E-state index in [0.717, 1.165) is 12.8 Å². The van der Waals surface area contributed by atoms with Gasteiger partial charge in [0, 0.05) is 29.8 Å². The van der Waals surface area contributed by atoms with E-state index in [1.54, 1.807) is 12.1 Å². The van der Waals surface area contributed by atoms with Gasteiger partial charge in [-0.15, -0.1) is 10.2 Å². The summed E-state index contributed by atoms with van der Waals surface area (Å²) in [5, 5.41) is 55.5. The molecule has 2 atom stereocenters. The van der Waals surface area contributed by atoms with Gasteiger partial charge in [0.1, 0.15) is 34.0 Å². The first-order valence-electron chi connectivity index (χ1n) is 14.7. The number of carbonyl (C=O) groups excluding carboxylic acids is 1. The van der Waals surface area contributed by atoms with Crippen molar-refractivity contribution in [2.24, 2.45) is 0 Å². The maximum absolute atomic E-state index is 14.1. The Bertz CT molecular complexity index is 1860. The van der Waals surface area contributed by atoms with Crippen molar-refractivity contribution >= 4 is 17.8 Å². The van der Waals surface area contributed by atoms with Gasteiger partial charge in [-0.25, -0.2) is 23.9 Å². The molecule has 3 aromatic heterocycles. The lowest BCUT2D eigenvalue weighted by molar-refractivity contribution is 0.0596. The third-order valence-electron chi connectivity index (χ3n) is 7.90. The quantitative estimate of drug-likeness (QED) is 0.158. The normalized spacial score (nSPS) is 12.4. The lowest BCUT2D eigenvalue weighted by atomic mass is 10.0. The van der Waals surface area contributed by atoms with Gasteiger partial charge in [0.15, 0.2) is 0 Å². The zero-order valence-electron chi connectivity index (χ0n) is 25.9. The molecule has 15 heteroatoms. The maximum Gasteiger partial charge on any atom is 0.339 e. The number of pyridine rings is 1. The van der Waals surface area contributed by atoms with E-state index >= 15 is 0 Å². The van der Waals surface area contributed by atoms with Crippen LogP contribution in [0.25, 0.3) is 34.2 Å². The van der Waals surface area contributed by atoms with Crippen LogP contribution >= 0.6 is 0 Å². The first-order valence-corrected chi connectivity index (χ1v) is 14.7. The second-order valence-electron chi connectivity index (χ2n) is 11.0. The minimum absolute atomic E-state index is 0.0535. The first kappa shape index (κ1) is 32.3. The predicted octanol–water partition coefficient (Wildman–Crippen LogP) is 4.42. The van der Waals surface area contributed by atoms with Crippen LogP contribution in [0.4, 0.5) is 0 Å². The van der Waals surface area contributed by atoms with Crippen LogP contribution in [0.1, 0.15) is 71.6 Å². The lowest BCUT2D eigenvalue weighted by Gasteiger charge is -2.34. The second-order valence-corrected chi connectivity index (χ2v) is 11.0. The van der Waals surface area contributed by atoms with Crippen LogP contribution in [0.15, 0.2) is 60.9 Å². The average Bonchev–Trinajstić information content (AvgIpc) is 3.75. The molecule has 0 fully saturated rings. The molecule has 0 aliphatic heterocycles. The number of carboxylic acid groups (broad SMARTS) is 2. The summed E-state index contributed by atoms with van der Waals surface area (Å²) in [5.74, 6) is -3.65. The average molecular weight is 641 g/mol. The van der Waals surface area contributed by atoms with E-state index in [9.17, 15) is 34.8 Å². The first-order chi connectivity index (χ1) is 22.4. The van der Waals surface area contributed by atoms with Crippen LogP contribution in [-0.4, -0.2) is 90.2 Å². The molecule has 0 aliphatic rings. The molecule has 2 aromatic carbocycles. The molecular weight excluding hydrogens is 608 g/mol. The topological polar surface area (TPSA) is 210 Å². The van der Waals surface area contributed by atoms with Crippen molar-refractivity contribution in [3.8, 4) is 45.6 Å². The molecule has 15 nitrogen and oxygen atoms in total. The Hall–Kier alpha value is -6.12. The zero-order chi connectivity index (χ0) is 34.0. The number of benzene rings is 2. The number of rotatable bonds is 11. The number of carboxylic acids is 2. The molecule has 242 valence electrons. The molecule has 0 radical (unpaired) electrons. The van der Waals surface area contributed by atoms with E-state index in [0.29, 0.717) is 16.9 Å². The van der Waals surface area contributed by atoms with Gasteiger partial charge in [0.25, 0.3) is 5.91 Å². The molecule has 5 aromatic rings. The smallest absolute Gasteiger partial charge is 0.339 e. The highest BCUT2D eigenvalue weighted by Crippen LogP contribution is 2.28. The molecule has 0 saturated heterocycles. The van der Waals surface area contributed by atoms with Gasteiger partial charge >= 0.3 is 11.9 Å². The number of aromatic nitrogens is 7. The Kier molecular flexibility index (Phi) is 8.99. The number of amides is 1. The Balaban J connectivity index is 1.60. The van der Waals surface area contributed by atoms with Crippen molar-refractivity contribution in [1.29, 1.82) is 0 Å². The summed E-state index contributed by atoms with van der Waals surface area (Å²) in [5.41, 5.74) is 1.62. The lowest BCUT2D eigenvalue weighted by Crippen LogP contribution is -2.44. The molecule has 0 aliphatic carbocycles. The summed E-state index contributed by atoms with van der Waals surface area (Å²) in [6, 6.07) is 11.0. The molecular formula is C32H32N8O7. The van der Waals surface area contributed by atoms with E-state index in [1.807, 2.05) is 32.6 Å². The number of hydrogen-bond donors (Lipinski definition) is 4. The van der Waals surface area contributed by atoms with Gasteiger partial charge in [-0.2, -0.15) is 0 Å². The largest absolute Gasteiger partial charge is 0.507 e.